The van der Waals surface area contributed by atoms with Crippen LogP contribution in [0.15, 0.2) is 41.0 Å². The number of nitrogens with zero attached hydrogens (tertiary/aromatic N) is 1. The minimum atomic E-state index is -3.37. The number of halogens is 2. The van der Waals surface area contributed by atoms with Gasteiger partial charge in [-0.2, -0.15) is 0 Å². The lowest BCUT2D eigenvalue weighted by Crippen LogP contribution is -2.42. The largest absolute Gasteiger partial charge is 0.468 e. The molecule has 3 rings (SSSR count). The van der Waals surface area contributed by atoms with Crippen LogP contribution in [0.2, 0.25) is 0 Å². The number of piperidine rings is 1. The van der Waals surface area contributed by atoms with Crippen LogP contribution >= 0.6 is 0 Å². The van der Waals surface area contributed by atoms with Gasteiger partial charge in [0.25, 0.3) is 5.91 Å². The van der Waals surface area contributed by atoms with E-state index < -0.39 is 32.6 Å². The molecule has 2 heterocycles. The van der Waals surface area contributed by atoms with Crippen LogP contribution in [-0.2, 0) is 15.6 Å². The van der Waals surface area contributed by atoms with Gasteiger partial charge in [-0.1, -0.05) is 0 Å². The molecule has 0 N–H and O–H groups in total. The summed E-state index contributed by atoms with van der Waals surface area (Å²) in [6.07, 6.45) is 2.03. The molecule has 0 unspecified atom stereocenters. The molecule has 1 fully saturated rings. The predicted octanol–water partition coefficient (Wildman–Crippen LogP) is 2.78. The first-order chi connectivity index (χ1) is 11.9. The van der Waals surface area contributed by atoms with Crippen molar-refractivity contribution in [3.05, 3.63) is 59.6 Å². The van der Waals surface area contributed by atoms with Crippen molar-refractivity contribution in [1.29, 1.82) is 0 Å². The number of hydrogen-bond donors (Lipinski definition) is 0. The van der Waals surface area contributed by atoms with E-state index in [9.17, 15) is 22.0 Å². The highest BCUT2D eigenvalue weighted by Crippen LogP contribution is 2.23. The van der Waals surface area contributed by atoms with Crippen LogP contribution in [0.1, 0.15) is 29.0 Å². The molecule has 2 aromatic rings. The number of likely N-dealkylation sites (tertiary alicyclic amines) is 1. The highest BCUT2D eigenvalue weighted by molar-refractivity contribution is 7.91. The Hall–Kier alpha value is -2.22. The number of furan rings is 1. The Labute approximate surface area is 144 Å². The van der Waals surface area contributed by atoms with Crippen LogP contribution in [0.5, 0.6) is 0 Å². The average molecular weight is 369 g/mol. The number of hydrogen-bond acceptors (Lipinski definition) is 4. The second-order valence-electron chi connectivity index (χ2n) is 6.01. The van der Waals surface area contributed by atoms with E-state index in [1.54, 1.807) is 12.1 Å². The summed E-state index contributed by atoms with van der Waals surface area (Å²) in [5.41, 5.74) is 0.0517. The zero-order chi connectivity index (χ0) is 18.0. The SMILES string of the molecule is O=C(c1ccc(F)c(F)c1)N1CCC(S(=O)(=O)Cc2ccco2)CC1. The van der Waals surface area contributed by atoms with Gasteiger partial charge in [0, 0.05) is 18.7 Å². The summed E-state index contributed by atoms with van der Waals surface area (Å²) in [5.74, 6) is -2.30. The summed E-state index contributed by atoms with van der Waals surface area (Å²) in [6, 6.07) is 6.23. The standard InChI is InChI=1S/C17H17F2NO4S/c18-15-4-3-12(10-16(15)19)17(21)20-7-5-14(6-8-20)25(22,23)11-13-2-1-9-24-13/h1-4,9-10,14H,5-8,11H2. The monoisotopic (exact) mass is 369 g/mol. The maximum atomic E-state index is 13.3. The molecule has 1 aliphatic heterocycles. The molecule has 134 valence electrons. The van der Waals surface area contributed by atoms with E-state index in [-0.39, 0.29) is 24.4 Å². The molecule has 0 aliphatic carbocycles. The van der Waals surface area contributed by atoms with Crippen molar-refractivity contribution in [2.45, 2.75) is 23.8 Å². The predicted molar refractivity (Wildman–Crippen MR) is 86.6 cm³/mol. The number of benzene rings is 1. The van der Waals surface area contributed by atoms with Gasteiger partial charge in [0.2, 0.25) is 0 Å². The summed E-state index contributed by atoms with van der Waals surface area (Å²) in [6.45, 7) is 0.500. The smallest absolute Gasteiger partial charge is 0.253 e. The van der Waals surface area contributed by atoms with Crippen LogP contribution in [-0.4, -0.2) is 37.6 Å². The van der Waals surface area contributed by atoms with E-state index in [0.717, 1.165) is 12.1 Å². The molecule has 1 aromatic heterocycles. The van der Waals surface area contributed by atoms with Gasteiger partial charge in [0.1, 0.15) is 11.5 Å². The first kappa shape index (κ1) is 17.6. The van der Waals surface area contributed by atoms with Crippen LogP contribution in [0.4, 0.5) is 8.78 Å². The Kier molecular flexibility index (Phi) is 4.89. The lowest BCUT2D eigenvalue weighted by molar-refractivity contribution is 0.0725. The van der Waals surface area contributed by atoms with E-state index in [2.05, 4.69) is 0 Å². The summed E-state index contributed by atoms with van der Waals surface area (Å²) in [7, 11) is -3.37. The minimum absolute atomic E-state index is 0.0517. The van der Waals surface area contributed by atoms with Gasteiger partial charge < -0.3 is 9.32 Å². The summed E-state index contributed by atoms with van der Waals surface area (Å²) in [5, 5.41) is -0.549. The Balaban J connectivity index is 1.63. The van der Waals surface area contributed by atoms with E-state index in [0.29, 0.717) is 18.6 Å². The van der Waals surface area contributed by atoms with Crippen LogP contribution in [0.3, 0.4) is 0 Å². The van der Waals surface area contributed by atoms with Crippen molar-refractivity contribution in [2.24, 2.45) is 0 Å². The molecule has 0 spiro atoms. The number of sulfone groups is 1. The van der Waals surface area contributed by atoms with Gasteiger partial charge in [-0.3, -0.25) is 4.79 Å². The molecule has 0 atom stereocenters. The van der Waals surface area contributed by atoms with Gasteiger partial charge in [0.05, 0.1) is 11.5 Å². The van der Waals surface area contributed by atoms with E-state index in [1.807, 2.05) is 0 Å². The molecule has 8 heteroatoms. The highest BCUT2D eigenvalue weighted by Gasteiger charge is 2.32. The summed E-state index contributed by atoms with van der Waals surface area (Å²) < 4.78 is 56.2. The maximum Gasteiger partial charge on any atom is 0.253 e. The van der Waals surface area contributed by atoms with Crippen molar-refractivity contribution in [2.75, 3.05) is 13.1 Å². The third kappa shape index (κ3) is 3.89. The zero-order valence-corrected chi connectivity index (χ0v) is 14.1. The van der Waals surface area contributed by atoms with Crippen LogP contribution < -0.4 is 0 Å². The molecule has 0 radical (unpaired) electrons. The Morgan fingerprint density at radius 1 is 1.16 bits per heavy atom. The fraction of sp³-hybridized carbons (Fsp3) is 0.353. The Morgan fingerprint density at radius 2 is 1.88 bits per heavy atom. The molecule has 1 saturated heterocycles. The van der Waals surface area contributed by atoms with Crippen molar-refractivity contribution in [3.63, 3.8) is 0 Å². The molecular weight excluding hydrogens is 352 g/mol. The zero-order valence-electron chi connectivity index (χ0n) is 13.3. The fourth-order valence-corrected chi connectivity index (χ4v) is 4.67. The van der Waals surface area contributed by atoms with Gasteiger partial charge in [-0.15, -0.1) is 0 Å². The molecule has 1 amide bonds. The number of rotatable bonds is 4. The summed E-state index contributed by atoms with van der Waals surface area (Å²) >= 11 is 0. The van der Waals surface area contributed by atoms with E-state index >= 15 is 0 Å². The second kappa shape index (κ2) is 6.95. The number of carbonyl (C=O) groups excluding carboxylic acids is 1. The lowest BCUT2D eigenvalue weighted by atomic mass is 10.1. The van der Waals surface area contributed by atoms with E-state index in [4.69, 9.17) is 4.42 Å². The Morgan fingerprint density at radius 3 is 2.48 bits per heavy atom. The van der Waals surface area contributed by atoms with Crippen molar-refractivity contribution in [3.8, 4) is 0 Å². The normalized spacial score (nSPS) is 16.2. The molecule has 5 nitrogen and oxygen atoms in total. The van der Waals surface area contributed by atoms with Crippen molar-refractivity contribution in [1.82, 2.24) is 4.90 Å². The fourth-order valence-electron chi connectivity index (χ4n) is 2.94. The minimum Gasteiger partial charge on any atom is -0.468 e. The maximum absolute atomic E-state index is 13.3. The topological polar surface area (TPSA) is 67.6 Å². The molecular formula is C17H17F2NO4S. The Bertz CT molecular complexity index is 857. The average Bonchev–Trinajstić information content (AvgIpc) is 3.09. The third-order valence-corrected chi connectivity index (χ3v) is 6.50. The molecule has 25 heavy (non-hydrogen) atoms. The molecule has 0 saturated carbocycles. The van der Waals surface area contributed by atoms with Crippen molar-refractivity contribution >= 4 is 15.7 Å². The number of carbonyl (C=O) groups is 1. The molecule has 1 aliphatic rings. The van der Waals surface area contributed by atoms with Crippen LogP contribution in [0, 0.1) is 11.6 Å². The second-order valence-corrected chi connectivity index (χ2v) is 8.29. The van der Waals surface area contributed by atoms with Gasteiger partial charge >= 0.3 is 0 Å². The lowest BCUT2D eigenvalue weighted by Gasteiger charge is -2.31. The molecule has 1 aromatic carbocycles. The van der Waals surface area contributed by atoms with Gasteiger partial charge in [-0.05, 0) is 43.2 Å². The quantitative estimate of drug-likeness (QED) is 0.831. The molecule has 0 bridgehead atoms. The third-order valence-electron chi connectivity index (χ3n) is 4.33. The summed E-state index contributed by atoms with van der Waals surface area (Å²) in [4.78, 5) is 13.8. The van der Waals surface area contributed by atoms with Crippen molar-refractivity contribution < 1.29 is 26.4 Å². The van der Waals surface area contributed by atoms with Gasteiger partial charge in [0.15, 0.2) is 21.5 Å². The highest BCUT2D eigenvalue weighted by atomic mass is 32.2. The van der Waals surface area contributed by atoms with Crippen LogP contribution in [0.25, 0.3) is 0 Å². The van der Waals surface area contributed by atoms with Gasteiger partial charge in [-0.25, -0.2) is 17.2 Å². The first-order valence-electron chi connectivity index (χ1n) is 7.85. The van der Waals surface area contributed by atoms with E-state index in [1.165, 1.54) is 17.2 Å². The number of amides is 1. The first-order valence-corrected chi connectivity index (χ1v) is 9.56.